The van der Waals surface area contributed by atoms with Gasteiger partial charge in [0.15, 0.2) is 9.84 Å². The predicted molar refractivity (Wildman–Crippen MR) is 63.6 cm³/mol. The summed E-state index contributed by atoms with van der Waals surface area (Å²) in [6.45, 7) is 3.26. The fraction of sp³-hybridized carbons (Fsp3) is 0.400. The van der Waals surface area contributed by atoms with E-state index in [0.29, 0.717) is 5.56 Å². The third-order valence-corrected chi connectivity index (χ3v) is 4.77. The fourth-order valence-electron chi connectivity index (χ4n) is 1.04. The number of halogens is 1. The maximum atomic E-state index is 11.6. The van der Waals surface area contributed by atoms with Gasteiger partial charge in [-0.3, -0.25) is 0 Å². The Hall–Kier alpha value is -0.550. The molecule has 0 fully saturated rings. The number of hydrogen-bond acceptors (Lipinski definition) is 3. The summed E-state index contributed by atoms with van der Waals surface area (Å²) in [5.41, 5.74) is 0.437. The quantitative estimate of drug-likeness (QED) is 0.931. The molecular formula is C10H13BrO3S. The Morgan fingerprint density at radius 1 is 1.40 bits per heavy atom. The van der Waals surface area contributed by atoms with Crippen molar-refractivity contribution >= 4 is 25.8 Å². The zero-order valence-electron chi connectivity index (χ0n) is 8.57. The Bertz CT molecular complexity index is 452. The second-order valence-electron chi connectivity index (χ2n) is 3.63. The van der Waals surface area contributed by atoms with Crippen molar-refractivity contribution in [1.29, 1.82) is 0 Å². The van der Waals surface area contributed by atoms with Gasteiger partial charge < -0.3 is 5.11 Å². The second-order valence-corrected chi connectivity index (χ2v) is 7.10. The largest absolute Gasteiger partial charge is 0.508 e. The van der Waals surface area contributed by atoms with Crippen LogP contribution in [0.15, 0.2) is 22.7 Å². The van der Waals surface area contributed by atoms with Gasteiger partial charge in [0.25, 0.3) is 0 Å². The van der Waals surface area contributed by atoms with Gasteiger partial charge in [-0.2, -0.15) is 0 Å². The molecule has 0 radical (unpaired) electrons. The van der Waals surface area contributed by atoms with Crippen LogP contribution < -0.4 is 0 Å². The van der Waals surface area contributed by atoms with E-state index < -0.39 is 15.1 Å². The minimum Gasteiger partial charge on any atom is -0.508 e. The summed E-state index contributed by atoms with van der Waals surface area (Å²) in [4.78, 5) is 0. The topological polar surface area (TPSA) is 54.4 Å². The van der Waals surface area contributed by atoms with Crippen LogP contribution in [-0.2, 0) is 15.6 Å². The molecule has 0 aliphatic carbocycles. The SMILES string of the molecule is CC(C)S(=O)(=O)Cc1ccc(Br)cc1O. The van der Waals surface area contributed by atoms with E-state index in [0.717, 1.165) is 4.47 Å². The molecular weight excluding hydrogens is 280 g/mol. The number of phenolic OH excluding ortho intramolecular Hbond substituents is 1. The first-order chi connectivity index (χ1) is 6.83. The van der Waals surface area contributed by atoms with Crippen LogP contribution in [0.1, 0.15) is 19.4 Å². The molecule has 0 aliphatic heterocycles. The Morgan fingerprint density at radius 3 is 2.47 bits per heavy atom. The first kappa shape index (κ1) is 12.5. The summed E-state index contributed by atoms with van der Waals surface area (Å²) < 4.78 is 24.0. The molecule has 0 heterocycles. The monoisotopic (exact) mass is 292 g/mol. The summed E-state index contributed by atoms with van der Waals surface area (Å²) in [6.07, 6.45) is 0. The van der Waals surface area contributed by atoms with Crippen molar-refractivity contribution in [3.05, 3.63) is 28.2 Å². The van der Waals surface area contributed by atoms with E-state index >= 15 is 0 Å². The third-order valence-electron chi connectivity index (χ3n) is 2.12. The Kier molecular flexibility index (Phi) is 3.78. The van der Waals surface area contributed by atoms with Gasteiger partial charge in [0.05, 0.1) is 11.0 Å². The van der Waals surface area contributed by atoms with Gasteiger partial charge in [0.1, 0.15) is 5.75 Å². The van der Waals surface area contributed by atoms with Gasteiger partial charge >= 0.3 is 0 Å². The molecule has 1 aromatic carbocycles. The standard InChI is InChI=1S/C10H13BrO3S/c1-7(2)15(13,14)6-8-3-4-9(11)5-10(8)12/h3-5,7,12H,6H2,1-2H3. The van der Waals surface area contributed by atoms with E-state index in [2.05, 4.69) is 15.9 Å². The van der Waals surface area contributed by atoms with E-state index in [4.69, 9.17) is 0 Å². The van der Waals surface area contributed by atoms with E-state index in [1.807, 2.05) is 0 Å². The number of rotatable bonds is 3. The molecule has 0 atom stereocenters. The summed E-state index contributed by atoms with van der Waals surface area (Å²) in [7, 11) is -3.16. The molecule has 1 N–H and O–H groups in total. The van der Waals surface area contributed by atoms with Crippen LogP contribution in [0.5, 0.6) is 5.75 Å². The minimum absolute atomic E-state index is 0.00796. The highest BCUT2D eigenvalue weighted by Gasteiger charge is 2.18. The maximum absolute atomic E-state index is 11.6. The zero-order valence-corrected chi connectivity index (χ0v) is 11.0. The predicted octanol–water partition coefficient (Wildman–Crippen LogP) is 2.48. The molecule has 5 heteroatoms. The lowest BCUT2D eigenvalue weighted by Crippen LogP contribution is -2.16. The van der Waals surface area contributed by atoms with E-state index in [9.17, 15) is 13.5 Å². The molecule has 0 unspecified atom stereocenters. The van der Waals surface area contributed by atoms with Crippen molar-refractivity contribution in [1.82, 2.24) is 0 Å². The number of benzene rings is 1. The van der Waals surface area contributed by atoms with Crippen LogP contribution in [0.2, 0.25) is 0 Å². The van der Waals surface area contributed by atoms with Crippen molar-refractivity contribution in [3.8, 4) is 5.75 Å². The average molecular weight is 293 g/mol. The zero-order chi connectivity index (χ0) is 11.6. The highest BCUT2D eigenvalue weighted by atomic mass is 79.9. The molecule has 1 rings (SSSR count). The summed E-state index contributed by atoms with van der Waals surface area (Å²) in [5, 5.41) is 9.11. The van der Waals surface area contributed by atoms with Gasteiger partial charge in [-0.15, -0.1) is 0 Å². The first-order valence-corrected chi connectivity index (χ1v) is 7.03. The van der Waals surface area contributed by atoms with Gasteiger partial charge in [0.2, 0.25) is 0 Å². The van der Waals surface area contributed by atoms with Crippen LogP contribution in [0.4, 0.5) is 0 Å². The Morgan fingerprint density at radius 2 is 2.00 bits per heavy atom. The Balaban J connectivity index is 3.01. The van der Waals surface area contributed by atoms with E-state index in [-0.39, 0.29) is 11.5 Å². The van der Waals surface area contributed by atoms with Gasteiger partial charge in [0, 0.05) is 10.0 Å². The van der Waals surface area contributed by atoms with Crippen LogP contribution in [-0.4, -0.2) is 18.8 Å². The van der Waals surface area contributed by atoms with E-state index in [1.54, 1.807) is 26.0 Å². The fourth-order valence-corrected chi connectivity index (χ4v) is 2.40. The highest BCUT2D eigenvalue weighted by molar-refractivity contribution is 9.10. The summed E-state index contributed by atoms with van der Waals surface area (Å²) in [5.74, 6) is -0.113. The minimum atomic E-state index is -3.16. The number of sulfone groups is 1. The number of phenols is 1. The molecule has 0 saturated heterocycles. The lowest BCUT2D eigenvalue weighted by molar-refractivity contribution is 0.469. The molecule has 0 aromatic heterocycles. The Labute approximate surface area is 98.2 Å². The summed E-state index contributed by atoms with van der Waals surface area (Å²) in [6, 6.07) is 4.81. The summed E-state index contributed by atoms with van der Waals surface area (Å²) >= 11 is 3.20. The molecule has 0 amide bonds. The molecule has 0 spiro atoms. The highest BCUT2D eigenvalue weighted by Crippen LogP contribution is 2.24. The first-order valence-electron chi connectivity index (χ1n) is 4.52. The number of hydrogen-bond donors (Lipinski definition) is 1. The molecule has 0 bridgehead atoms. The lowest BCUT2D eigenvalue weighted by atomic mass is 10.2. The van der Waals surface area contributed by atoms with Crippen LogP contribution in [0.3, 0.4) is 0 Å². The molecule has 84 valence electrons. The smallest absolute Gasteiger partial charge is 0.156 e. The maximum Gasteiger partial charge on any atom is 0.156 e. The number of aromatic hydroxyl groups is 1. The molecule has 3 nitrogen and oxygen atoms in total. The molecule has 1 aromatic rings. The lowest BCUT2D eigenvalue weighted by Gasteiger charge is -2.09. The van der Waals surface area contributed by atoms with Crippen molar-refractivity contribution < 1.29 is 13.5 Å². The van der Waals surface area contributed by atoms with Crippen molar-refractivity contribution in [2.75, 3.05) is 0 Å². The van der Waals surface area contributed by atoms with Crippen molar-refractivity contribution in [2.45, 2.75) is 24.9 Å². The van der Waals surface area contributed by atoms with Crippen LogP contribution in [0, 0.1) is 0 Å². The van der Waals surface area contributed by atoms with Gasteiger partial charge in [-0.05, 0) is 26.0 Å². The van der Waals surface area contributed by atoms with Gasteiger partial charge in [-0.1, -0.05) is 22.0 Å². The molecule has 0 saturated carbocycles. The van der Waals surface area contributed by atoms with Crippen LogP contribution >= 0.6 is 15.9 Å². The van der Waals surface area contributed by atoms with E-state index in [1.165, 1.54) is 6.07 Å². The third kappa shape index (κ3) is 3.21. The van der Waals surface area contributed by atoms with Gasteiger partial charge in [-0.25, -0.2) is 8.42 Å². The van der Waals surface area contributed by atoms with Crippen molar-refractivity contribution in [3.63, 3.8) is 0 Å². The molecule has 15 heavy (non-hydrogen) atoms. The van der Waals surface area contributed by atoms with Crippen molar-refractivity contribution in [2.24, 2.45) is 0 Å². The van der Waals surface area contributed by atoms with Crippen LogP contribution in [0.25, 0.3) is 0 Å². The molecule has 0 aliphatic rings. The second kappa shape index (κ2) is 4.53. The average Bonchev–Trinajstić information content (AvgIpc) is 2.09. The normalized spacial score (nSPS) is 12.0.